The molecule has 33 heavy (non-hydrogen) atoms. The van der Waals surface area contributed by atoms with E-state index in [1.807, 2.05) is 26.0 Å². The van der Waals surface area contributed by atoms with Gasteiger partial charge in [0.05, 0.1) is 25.3 Å². The Morgan fingerprint density at radius 3 is 2.82 bits per heavy atom. The number of nitrogens with zero attached hydrogens (tertiary/aromatic N) is 2. The third-order valence-corrected chi connectivity index (χ3v) is 5.78. The van der Waals surface area contributed by atoms with Crippen molar-refractivity contribution in [1.29, 1.82) is 0 Å². The molecule has 0 bridgehead atoms. The van der Waals surface area contributed by atoms with Crippen LogP contribution in [0, 0.1) is 12.7 Å². The number of benzene rings is 2. The summed E-state index contributed by atoms with van der Waals surface area (Å²) in [5, 5.41) is 0. The first kappa shape index (κ1) is 22.8. The summed E-state index contributed by atoms with van der Waals surface area (Å²) >= 11 is 0. The van der Waals surface area contributed by atoms with Gasteiger partial charge in [-0.3, -0.25) is 4.79 Å². The van der Waals surface area contributed by atoms with Gasteiger partial charge in [-0.1, -0.05) is 6.07 Å². The number of ether oxygens (including phenoxy) is 2. The maximum atomic E-state index is 13.2. The number of esters is 1. The molecule has 4 rings (SSSR count). The van der Waals surface area contributed by atoms with Crippen LogP contribution in [0.2, 0.25) is 0 Å². The minimum atomic E-state index is -0.290. The number of rotatable bonds is 9. The highest BCUT2D eigenvalue weighted by Gasteiger charge is 2.21. The van der Waals surface area contributed by atoms with Crippen molar-refractivity contribution in [2.24, 2.45) is 0 Å². The predicted molar refractivity (Wildman–Crippen MR) is 124 cm³/mol. The van der Waals surface area contributed by atoms with Gasteiger partial charge >= 0.3 is 5.97 Å². The molecular formula is C26H29FN2O4. The highest BCUT2D eigenvalue weighted by atomic mass is 19.1. The van der Waals surface area contributed by atoms with Crippen molar-refractivity contribution in [2.45, 2.75) is 39.5 Å². The normalized spacial score (nSPS) is 13.0. The van der Waals surface area contributed by atoms with Crippen molar-refractivity contribution in [3.63, 3.8) is 0 Å². The number of aryl methyl sites for hydroxylation is 1. The van der Waals surface area contributed by atoms with Crippen LogP contribution < -0.4 is 9.64 Å². The fourth-order valence-corrected chi connectivity index (χ4v) is 4.13. The molecule has 2 heterocycles. The predicted octanol–water partition coefficient (Wildman–Crippen LogP) is 5.12. The first-order chi connectivity index (χ1) is 16.0. The summed E-state index contributed by atoms with van der Waals surface area (Å²) in [6.07, 6.45) is 2.94. The second-order valence-corrected chi connectivity index (χ2v) is 8.03. The van der Waals surface area contributed by atoms with Gasteiger partial charge in [-0.05, 0) is 63.1 Å². The van der Waals surface area contributed by atoms with Crippen LogP contribution in [0.15, 0.2) is 46.9 Å². The second kappa shape index (κ2) is 10.5. The van der Waals surface area contributed by atoms with Gasteiger partial charge in [0.15, 0.2) is 0 Å². The Labute approximate surface area is 193 Å². The fourth-order valence-electron chi connectivity index (χ4n) is 4.13. The van der Waals surface area contributed by atoms with E-state index in [0.29, 0.717) is 38.5 Å². The molecule has 0 unspecified atom stereocenters. The van der Waals surface area contributed by atoms with Crippen LogP contribution in [0.3, 0.4) is 0 Å². The van der Waals surface area contributed by atoms with Gasteiger partial charge < -0.3 is 18.8 Å². The van der Waals surface area contributed by atoms with E-state index < -0.39 is 0 Å². The van der Waals surface area contributed by atoms with Gasteiger partial charge in [-0.15, -0.1) is 0 Å². The molecule has 0 spiro atoms. The van der Waals surface area contributed by atoms with Gasteiger partial charge in [-0.25, -0.2) is 9.37 Å². The van der Waals surface area contributed by atoms with Gasteiger partial charge in [0, 0.05) is 36.3 Å². The van der Waals surface area contributed by atoms with E-state index in [4.69, 9.17) is 13.9 Å². The molecular weight excluding hydrogens is 423 g/mol. The Morgan fingerprint density at radius 1 is 1.21 bits per heavy atom. The molecule has 7 heteroatoms. The number of aromatic nitrogens is 1. The minimum absolute atomic E-state index is 0.167. The van der Waals surface area contributed by atoms with Crippen molar-refractivity contribution in [3.8, 4) is 17.2 Å². The summed E-state index contributed by atoms with van der Waals surface area (Å²) < 4.78 is 30.2. The topological polar surface area (TPSA) is 64.8 Å². The van der Waals surface area contributed by atoms with E-state index in [1.54, 1.807) is 12.1 Å². The molecule has 1 aliphatic rings. The third kappa shape index (κ3) is 5.53. The Hall–Kier alpha value is -3.35. The first-order valence-corrected chi connectivity index (χ1v) is 11.4. The molecule has 0 saturated heterocycles. The Kier molecular flexibility index (Phi) is 7.27. The Morgan fingerprint density at radius 2 is 2.03 bits per heavy atom. The lowest BCUT2D eigenvalue weighted by molar-refractivity contribution is -0.142. The van der Waals surface area contributed by atoms with Gasteiger partial charge in [0.2, 0.25) is 5.89 Å². The summed E-state index contributed by atoms with van der Waals surface area (Å²) in [4.78, 5) is 18.6. The van der Waals surface area contributed by atoms with E-state index in [-0.39, 0.29) is 11.8 Å². The van der Waals surface area contributed by atoms with E-state index in [9.17, 15) is 9.18 Å². The summed E-state index contributed by atoms with van der Waals surface area (Å²) in [5.74, 6) is 1.63. The number of carbonyl (C=O) groups excluding carboxylic acids is 1. The van der Waals surface area contributed by atoms with E-state index in [1.165, 1.54) is 17.7 Å². The molecule has 0 N–H and O–H groups in total. The number of anilines is 1. The molecule has 2 aromatic carbocycles. The van der Waals surface area contributed by atoms with Crippen LogP contribution in [0.25, 0.3) is 11.5 Å². The van der Waals surface area contributed by atoms with Gasteiger partial charge in [-0.2, -0.15) is 0 Å². The molecule has 0 radical (unpaired) electrons. The first-order valence-electron chi connectivity index (χ1n) is 11.4. The Balaban J connectivity index is 1.39. The maximum Gasteiger partial charge on any atom is 0.307 e. The van der Waals surface area contributed by atoms with Crippen molar-refractivity contribution < 1.29 is 23.1 Å². The van der Waals surface area contributed by atoms with Crippen LogP contribution in [0.1, 0.15) is 36.8 Å². The van der Waals surface area contributed by atoms with Crippen molar-refractivity contribution in [3.05, 3.63) is 65.3 Å². The summed E-state index contributed by atoms with van der Waals surface area (Å²) in [6.45, 7) is 6.13. The number of hydrogen-bond acceptors (Lipinski definition) is 6. The highest BCUT2D eigenvalue weighted by Crippen LogP contribution is 2.34. The van der Waals surface area contributed by atoms with E-state index in [0.717, 1.165) is 47.8 Å². The van der Waals surface area contributed by atoms with Crippen LogP contribution in [-0.2, 0) is 22.4 Å². The van der Waals surface area contributed by atoms with E-state index in [2.05, 4.69) is 16.0 Å². The highest BCUT2D eigenvalue weighted by molar-refractivity contribution is 5.71. The lowest BCUT2D eigenvalue weighted by Gasteiger charge is -2.32. The lowest BCUT2D eigenvalue weighted by Crippen LogP contribution is -2.32. The largest absolute Gasteiger partial charge is 0.493 e. The average molecular weight is 453 g/mol. The Bertz CT molecular complexity index is 1090. The smallest absolute Gasteiger partial charge is 0.307 e. The average Bonchev–Trinajstić information content (AvgIpc) is 3.19. The number of oxazole rings is 1. The monoisotopic (exact) mass is 452 g/mol. The molecule has 3 aromatic rings. The third-order valence-electron chi connectivity index (χ3n) is 5.78. The van der Waals surface area contributed by atoms with E-state index >= 15 is 0 Å². The molecule has 0 atom stereocenters. The zero-order chi connectivity index (χ0) is 23.2. The van der Waals surface area contributed by atoms with Crippen LogP contribution >= 0.6 is 0 Å². The van der Waals surface area contributed by atoms with Gasteiger partial charge in [0.25, 0.3) is 0 Å². The quantitative estimate of drug-likeness (QED) is 0.420. The molecule has 1 aromatic heterocycles. The summed E-state index contributed by atoms with van der Waals surface area (Å²) in [5.41, 5.74) is 3.87. The van der Waals surface area contributed by atoms with Crippen LogP contribution in [0.5, 0.6) is 5.75 Å². The van der Waals surface area contributed by atoms with Crippen LogP contribution in [-0.4, -0.2) is 37.3 Å². The fraction of sp³-hybridized carbons (Fsp3) is 0.385. The number of fused-ring (bicyclic) bond motifs is 1. The van der Waals surface area contributed by atoms with Gasteiger partial charge in [0.1, 0.15) is 17.3 Å². The molecule has 0 aliphatic carbocycles. The van der Waals surface area contributed by atoms with Crippen molar-refractivity contribution in [1.82, 2.24) is 4.98 Å². The molecule has 6 nitrogen and oxygen atoms in total. The number of carbonyl (C=O) groups is 1. The maximum absolute atomic E-state index is 13.2. The van der Waals surface area contributed by atoms with Crippen molar-refractivity contribution in [2.75, 3.05) is 31.2 Å². The minimum Gasteiger partial charge on any atom is -0.493 e. The zero-order valence-corrected chi connectivity index (χ0v) is 19.1. The lowest BCUT2D eigenvalue weighted by atomic mass is 10.0. The second-order valence-electron chi connectivity index (χ2n) is 8.03. The summed E-state index contributed by atoms with van der Waals surface area (Å²) in [6, 6.07) is 12.2. The zero-order valence-electron chi connectivity index (χ0n) is 19.1. The molecule has 0 fully saturated rings. The van der Waals surface area contributed by atoms with Crippen LogP contribution in [0.4, 0.5) is 10.1 Å². The standard InChI is InChI=1S/C26H29FN2O4/c1-3-31-25(30)13-16-29-15-5-6-21-23(29)7-4-8-24(21)32-17-14-22-18(2)33-26(28-22)19-9-11-20(27)12-10-19/h4,7-12H,3,5-6,13-17H2,1-2H3. The summed E-state index contributed by atoms with van der Waals surface area (Å²) in [7, 11) is 0. The number of hydrogen-bond donors (Lipinski definition) is 0. The molecule has 1 aliphatic heterocycles. The molecule has 0 saturated carbocycles. The van der Waals surface area contributed by atoms with Crippen molar-refractivity contribution >= 4 is 11.7 Å². The molecule has 174 valence electrons. The SMILES string of the molecule is CCOC(=O)CCN1CCCc2c(OCCc3nc(-c4ccc(F)cc4)oc3C)cccc21. The molecule has 0 amide bonds. The number of halogens is 1.